The normalized spacial score (nSPS) is 14.0. The fraction of sp³-hybridized carbons (Fsp3) is 0.316. The highest BCUT2D eigenvalue weighted by Crippen LogP contribution is 2.28. The van der Waals surface area contributed by atoms with E-state index in [1.807, 2.05) is 30.3 Å². The Kier molecular flexibility index (Phi) is 4.89. The molecule has 5 heteroatoms. The molecule has 2 aromatic rings. The summed E-state index contributed by atoms with van der Waals surface area (Å²) in [4.78, 5) is 29.7. The molecule has 24 heavy (non-hydrogen) atoms. The molecule has 1 aromatic heterocycles. The highest BCUT2D eigenvalue weighted by molar-refractivity contribution is 5.94. The van der Waals surface area contributed by atoms with Crippen LogP contribution in [-0.4, -0.2) is 33.4 Å². The molecule has 1 saturated carbocycles. The van der Waals surface area contributed by atoms with Crippen LogP contribution in [0.25, 0.3) is 0 Å². The number of aromatic carboxylic acids is 1. The van der Waals surface area contributed by atoms with Crippen LogP contribution in [0.15, 0.2) is 48.5 Å². The zero-order valence-electron chi connectivity index (χ0n) is 13.4. The number of rotatable bonds is 6. The zero-order valence-corrected chi connectivity index (χ0v) is 13.4. The Labute approximate surface area is 140 Å². The molecule has 0 radical (unpaired) electrons. The van der Waals surface area contributed by atoms with E-state index >= 15 is 0 Å². The van der Waals surface area contributed by atoms with Crippen LogP contribution in [0.3, 0.4) is 0 Å². The minimum absolute atomic E-state index is 0.107. The Morgan fingerprint density at radius 3 is 2.38 bits per heavy atom. The summed E-state index contributed by atoms with van der Waals surface area (Å²) >= 11 is 0. The van der Waals surface area contributed by atoms with Crippen molar-refractivity contribution in [2.75, 3.05) is 6.54 Å². The van der Waals surface area contributed by atoms with Crippen LogP contribution >= 0.6 is 0 Å². The number of hydrogen-bond acceptors (Lipinski definition) is 3. The van der Waals surface area contributed by atoms with Gasteiger partial charge in [-0.1, -0.05) is 42.8 Å². The summed E-state index contributed by atoms with van der Waals surface area (Å²) in [7, 11) is 0. The lowest BCUT2D eigenvalue weighted by Crippen LogP contribution is -2.37. The summed E-state index contributed by atoms with van der Waals surface area (Å²) in [5.41, 5.74) is 1.13. The highest BCUT2D eigenvalue weighted by atomic mass is 16.4. The van der Waals surface area contributed by atoms with Crippen molar-refractivity contribution < 1.29 is 14.7 Å². The van der Waals surface area contributed by atoms with Crippen molar-refractivity contribution in [1.82, 2.24) is 9.88 Å². The van der Waals surface area contributed by atoms with E-state index in [4.69, 9.17) is 5.11 Å². The van der Waals surface area contributed by atoms with E-state index in [2.05, 4.69) is 4.98 Å². The third kappa shape index (κ3) is 3.79. The van der Waals surface area contributed by atoms with E-state index in [-0.39, 0.29) is 17.3 Å². The van der Waals surface area contributed by atoms with E-state index in [0.717, 1.165) is 18.4 Å². The molecule has 1 aliphatic rings. The third-order valence-electron chi connectivity index (χ3n) is 4.39. The van der Waals surface area contributed by atoms with E-state index in [9.17, 15) is 9.59 Å². The molecular formula is C19H20N2O3. The largest absolute Gasteiger partial charge is 0.477 e. The molecule has 1 amide bonds. The second-order valence-electron chi connectivity index (χ2n) is 6.18. The lowest BCUT2D eigenvalue weighted by molar-refractivity contribution is 0.0671. The molecule has 0 saturated heterocycles. The summed E-state index contributed by atoms with van der Waals surface area (Å²) in [5.74, 6) is -0.813. The molecule has 1 aliphatic carbocycles. The predicted molar refractivity (Wildman–Crippen MR) is 89.7 cm³/mol. The van der Waals surface area contributed by atoms with Crippen LogP contribution in [0, 0.1) is 5.92 Å². The van der Waals surface area contributed by atoms with Gasteiger partial charge in [0.05, 0.1) is 0 Å². The van der Waals surface area contributed by atoms with Gasteiger partial charge in [-0.15, -0.1) is 0 Å². The summed E-state index contributed by atoms with van der Waals surface area (Å²) in [5, 5.41) is 9.07. The van der Waals surface area contributed by atoms with Gasteiger partial charge in [0.15, 0.2) is 0 Å². The van der Waals surface area contributed by atoms with Gasteiger partial charge in [-0.2, -0.15) is 0 Å². The molecule has 124 valence electrons. The number of pyridine rings is 1. The molecule has 0 bridgehead atoms. The first-order valence-corrected chi connectivity index (χ1v) is 8.17. The number of hydrogen-bond donors (Lipinski definition) is 1. The summed E-state index contributed by atoms with van der Waals surface area (Å²) in [6, 6.07) is 14.4. The number of carbonyl (C=O) groups is 2. The van der Waals surface area contributed by atoms with E-state index < -0.39 is 5.97 Å². The highest BCUT2D eigenvalue weighted by Gasteiger charge is 2.25. The summed E-state index contributed by atoms with van der Waals surface area (Å²) in [6.45, 7) is 1.20. The maximum Gasteiger partial charge on any atom is 0.354 e. The predicted octanol–water partition coefficient (Wildman–Crippen LogP) is 3.22. The monoisotopic (exact) mass is 324 g/mol. The van der Waals surface area contributed by atoms with Gasteiger partial charge < -0.3 is 10.0 Å². The Hall–Kier alpha value is -2.69. The van der Waals surface area contributed by atoms with Crippen LogP contribution < -0.4 is 0 Å². The number of carboxylic acids is 1. The van der Waals surface area contributed by atoms with Crippen molar-refractivity contribution >= 4 is 11.9 Å². The summed E-state index contributed by atoms with van der Waals surface area (Å²) in [6.07, 6.45) is 3.49. The number of amides is 1. The Balaban J connectivity index is 1.82. The minimum Gasteiger partial charge on any atom is -0.477 e. The van der Waals surface area contributed by atoms with Crippen molar-refractivity contribution in [2.24, 2.45) is 5.92 Å². The zero-order chi connectivity index (χ0) is 16.9. The quantitative estimate of drug-likeness (QED) is 0.885. The number of carbonyl (C=O) groups excluding carboxylic acids is 1. The van der Waals surface area contributed by atoms with E-state index in [1.165, 1.54) is 12.5 Å². The Bertz CT molecular complexity index is 726. The molecule has 0 spiro atoms. The third-order valence-corrected chi connectivity index (χ3v) is 4.39. The van der Waals surface area contributed by atoms with E-state index in [1.54, 1.807) is 17.0 Å². The van der Waals surface area contributed by atoms with Crippen LogP contribution in [-0.2, 0) is 6.54 Å². The van der Waals surface area contributed by atoms with Gasteiger partial charge in [-0.05, 0) is 36.5 Å². The van der Waals surface area contributed by atoms with Crippen molar-refractivity contribution in [2.45, 2.75) is 25.8 Å². The van der Waals surface area contributed by atoms with Gasteiger partial charge in [0.25, 0.3) is 5.91 Å². The first-order valence-electron chi connectivity index (χ1n) is 8.17. The average molecular weight is 324 g/mol. The Morgan fingerprint density at radius 1 is 1.04 bits per heavy atom. The average Bonchev–Trinajstić information content (AvgIpc) is 2.57. The Morgan fingerprint density at radius 2 is 1.75 bits per heavy atom. The van der Waals surface area contributed by atoms with Crippen LogP contribution in [0.4, 0.5) is 0 Å². The molecule has 3 rings (SSSR count). The van der Waals surface area contributed by atoms with E-state index in [0.29, 0.717) is 19.0 Å². The van der Waals surface area contributed by atoms with Crippen LogP contribution in [0.1, 0.15) is 45.8 Å². The van der Waals surface area contributed by atoms with Crippen LogP contribution in [0.2, 0.25) is 0 Å². The molecule has 1 N–H and O–H groups in total. The van der Waals surface area contributed by atoms with Gasteiger partial charge in [0, 0.05) is 13.1 Å². The van der Waals surface area contributed by atoms with Gasteiger partial charge >= 0.3 is 5.97 Å². The first kappa shape index (κ1) is 16.2. The SMILES string of the molecule is O=C(O)c1cccc(C(=O)N(Cc2ccccc2)CC2CCC2)n1. The maximum absolute atomic E-state index is 12.9. The molecule has 0 unspecified atom stereocenters. The first-order chi connectivity index (χ1) is 11.6. The van der Waals surface area contributed by atoms with Crippen molar-refractivity contribution in [3.8, 4) is 0 Å². The molecule has 0 atom stereocenters. The second kappa shape index (κ2) is 7.25. The van der Waals surface area contributed by atoms with Crippen molar-refractivity contribution in [1.29, 1.82) is 0 Å². The van der Waals surface area contributed by atoms with Gasteiger partial charge in [-0.25, -0.2) is 9.78 Å². The van der Waals surface area contributed by atoms with Crippen molar-refractivity contribution in [3.63, 3.8) is 0 Å². The summed E-state index contributed by atoms with van der Waals surface area (Å²) < 4.78 is 0. The number of benzene rings is 1. The molecule has 0 aliphatic heterocycles. The fourth-order valence-electron chi connectivity index (χ4n) is 2.85. The fourth-order valence-corrected chi connectivity index (χ4v) is 2.85. The maximum atomic E-state index is 12.9. The topological polar surface area (TPSA) is 70.5 Å². The number of aromatic nitrogens is 1. The van der Waals surface area contributed by atoms with Gasteiger partial charge in [0.2, 0.25) is 0 Å². The molecular weight excluding hydrogens is 304 g/mol. The molecule has 1 aromatic carbocycles. The molecule has 1 fully saturated rings. The standard InChI is InChI=1S/C19H20N2O3/c22-18(16-10-5-11-17(20-16)19(23)24)21(13-15-8-4-9-15)12-14-6-2-1-3-7-14/h1-3,5-7,10-11,15H,4,8-9,12-13H2,(H,23,24). The van der Waals surface area contributed by atoms with Crippen LogP contribution in [0.5, 0.6) is 0 Å². The minimum atomic E-state index is -1.13. The lowest BCUT2D eigenvalue weighted by atomic mass is 9.85. The van der Waals surface area contributed by atoms with Gasteiger partial charge in [0.1, 0.15) is 11.4 Å². The molecule has 5 nitrogen and oxygen atoms in total. The second-order valence-corrected chi connectivity index (χ2v) is 6.18. The van der Waals surface area contributed by atoms with Crippen molar-refractivity contribution in [3.05, 3.63) is 65.5 Å². The van der Waals surface area contributed by atoms with Gasteiger partial charge in [-0.3, -0.25) is 4.79 Å². The molecule has 1 heterocycles. The number of nitrogens with zero attached hydrogens (tertiary/aromatic N) is 2. The number of carboxylic acid groups (broad SMARTS) is 1. The lowest BCUT2D eigenvalue weighted by Gasteiger charge is -2.32. The smallest absolute Gasteiger partial charge is 0.354 e.